The number of carbonyl (C=O) groups is 1. The van der Waals surface area contributed by atoms with Crippen LogP contribution in [-0.2, 0) is 20.9 Å². The molecule has 0 aromatic heterocycles. The Bertz CT molecular complexity index is 824. The molecule has 1 aliphatic rings. The number of benzene rings is 2. The number of rotatable bonds is 7. The van der Waals surface area contributed by atoms with E-state index in [1.54, 1.807) is 11.0 Å². The van der Waals surface area contributed by atoms with Gasteiger partial charge in [0.15, 0.2) is 6.10 Å². The maximum absolute atomic E-state index is 12.5. The Balaban J connectivity index is 1.66. The summed E-state index contributed by atoms with van der Waals surface area (Å²) in [6.07, 6.45) is 0.407. The summed E-state index contributed by atoms with van der Waals surface area (Å²) in [5.74, 6) is -0.110. The summed E-state index contributed by atoms with van der Waals surface area (Å²) in [6.45, 7) is 0.854. The molecule has 1 amide bonds. The number of carbonyl (C=O) groups excluding carboxylic acids is 1. The summed E-state index contributed by atoms with van der Waals surface area (Å²) in [6, 6.07) is 14.9. The number of ether oxygens (including phenoxy) is 1. The van der Waals surface area contributed by atoms with E-state index in [4.69, 9.17) is 32.8 Å². The molecule has 0 fully saturated rings. The van der Waals surface area contributed by atoms with Gasteiger partial charge >= 0.3 is 0 Å². The summed E-state index contributed by atoms with van der Waals surface area (Å²) < 4.78 is 5.01. The SMILES string of the molecule is COCC(=O)N(Cc1cccc(Cl)c1)CC1CC(c2ccc(Cl)cc2)=NO1. The molecule has 1 heterocycles. The molecule has 7 heteroatoms. The third-order valence-corrected chi connectivity index (χ3v) is 4.70. The van der Waals surface area contributed by atoms with Crippen LogP contribution in [0.2, 0.25) is 10.0 Å². The molecule has 5 nitrogen and oxygen atoms in total. The Hall–Kier alpha value is -2.08. The van der Waals surface area contributed by atoms with Crippen molar-refractivity contribution in [2.45, 2.75) is 19.1 Å². The molecule has 0 bridgehead atoms. The smallest absolute Gasteiger partial charge is 0.248 e. The highest BCUT2D eigenvalue weighted by molar-refractivity contribution is 6.31. The predicted molar refractivity (Wildman–Crippen MR) is 106 cm³/mol. The number of hydrogen-bond donors (Lipinski definition) is 0. The number of oxime groups is 1. The number of halogens is 2. The lowest BCUT2D eigenvalue weighted by Crippen LogP contribution is -2.39. The zero-order valence-electron chi connectivity index (χ0n) is 14.9. The molecule has 2 aromatic rings. The van der Waals surface area contributed by atoms with Crippen molar-refractivity contribution >= 4 is 34.8 Å². The lowest BCUT2D eigenvalue weighted by atomic mass is 10.0. The van der Waals surface area contributed by atoms with E-state index in [2.05, 4.69) is 5.16 Å². The molecule has 0 saturated heterocycles. The van der Waals surface area contributed by atoms with Crippen LogP contribution in [-0.4, -0.2) is 42.9 Å². The Kier molecular flexibility index (Phi) is 6.72. The van der Waals surface area contributed by atoms with Crippen molar-refractivity contribution in [3.05, 3.63) is 69.7 Å². The van der Waals surface area contributed by atoms with Crippen LogP contribution in [0.4, 0.5) is 0 Å². The van der Waals surface area contributed by atoms with Gasteiger partial charge in [-0.05, 0) is 35.4 Å². The van der Waals surface area contributed by atoms with Gasteiger partial charge in [0, 0.05) is 30.1 Å². The third-order valence-electron chi connectivity index (χ3n) is 4.22. The third kappa shape index (κ3) is 5.45. The first-order valence-electron chi connectivity index (χ1n) is 8.55. The van der Waals surface area contributed by atoms with E-state index in [1.165, 1.54) is 7.11 Å². The highest BCUT2D eigenvalue weighted by Gasteiger charge is 2.26. The molecule has 2 aromatic carbocycles. The Morgan fingerprint density at radius 1 is 1.22 bits per heavy atom. The van der Waals surface area contributed by atoms with Crippen LogP contribution in [0.5, 0.6) is 0 Å². The average Bonchev–Trinajstić information content (AvgIpc) is 3.10. The largest absolute Gasteiger partial charge is 0.390 e. The van der Waals surface area contributed by atoms with Crippen molar-refractivity contribution in [2.24, 2.45) is 5.16 Å². The van der Waals surface area contributed by atoms with Gasteiger partial charge in [-0.15, -0.1) is 0 Å². The molecule has 27 heavy (non-hydrogen) atoms. The predicted octanol–water partition coefficient (Wildman–Crippen LogP) is 4.16. The van der Waals surface area contributed by atoms with E-state index in [0.29, 0.717) is 29.6 Å². The lowest BCUT2D eigenvalue weighted by Gasteiger charge is -2.25. The van der Waals surface area contributed by atoms with Crippen molar-refractivity contribution in [2.75, 3.05) is 20.3 Å². The molecule has 1 unspecified atom stereocenters. The Morgan fingerprint density at radius 3 is 2.70 bits per heavy atom. The van der Waals surface area contributed by atoms with Gasteiger partial charge in [0.2, 0.25) is 5.91 Å². The van der Waals surface area contributed by atoms with Crippen LogP contribution in [0.3, 0.4) is 0 Å². The number of hydrogen-bond acceptors (Lipinski definition) is 4. The fraction of sp³-hybridized carbons (Fsp3) is 0.300. The summed E-state index contributed by atoms with van der Waals surface area (Å²) >= 11 is 12.0. The maximum Gasteiger partial charge on any atom is 0.248 e. The molecule has 3 rings (SSSR count). The second-order valence-corrected chi connectivity index (χ2v) is 7.19. The monoisotopic (exact) mass is 406 g/mol. The standard InChI is InChI=1S/C20H20Cl2N2O3/c1-26-13-20(25)24(11-14-3-2-4-17(22)9-14)12-18-10-19(23-27-18)15-5-7-16(21)8-6-15/h2-9,18H,10-13H2,1H3. The quantitative estimate of drug-likeness (QED) is 0.693. The second kappa shape index (κ2) is 9.22. The molecular weight excluding hydrogens is 387 g/mol. The van der Waals surface area contributed by atoms with Crippen LogP contribution in [0.25, 0.3) is 0 Å². The van der Waals surface area contributed by atoms with Crippen molar-refractivity contribution in [3.63, 3.8) is 0 Å². The highest BCUT2D eigenvalue weighted by Crippen LogP contribution is 2.20. The topological polar surface area (TPSA) is 51.1 Å². The van der Waals surface area contributed by atoms with Crippen LogP contribution in [0.1, 0.15) is 17.5 Å². The maximum atomic E-state index is 12.5. The zero-order valence-corrected chi connectivity index (χ0v) is 16.4. The fourth-order valence-corrected chi connectivity index (χ4v) is 3.25. The Morgan fingerprint density at radius 2 is 2.00 bits per heavy atom. The minimum absolute atomic E-state index is 0.0121. The van der Waals surface area contributed by atoms with Gasteiger partial charge in [-0.1, -0.05) is 52.6 Å². The first-order chi connectivity index (χ1) is 13.0. The number of nitrogens with zero attached hydrogens (tertiary/aromatic N) is 2. The van der Waals surface area contributed by atoms with E-state index in [-0.39, 0.29) is 18.6 Å². The summed E-state index contributed by atoms with van der Waals surface area (Å²) in [4.78, 5) is 19.7. The minimum Gasteiger partial charge on any atom is -0.390 e. The van der Waals surface area contributed by atoms with Gasteiger partial charge in [0.1, 0.15) is 6.61 Å². The van der Waals surface area contributed by atoms with Crippen LogP contribution >= 0.6 is 23.2 Å². The van der Waals surface area contributed by atoms with Gasteiger partial charge in [-0.2, -0.15) is 0 Å². The van der Waals surface area contributed by atoms with Crippen molar-refractivity contribution in [1.29, 1.82) is 0 Å². The molecular formula is C20H20Cl2N2O3. The lowest BCUT2D eigenvalue weighted by molar-refractivity contribution is -0.137. The van der Waals surface area contributed by atoms with Crippen LogP contribution in [0.15, 0.2) is 53.7 Å². The normalized spacial score (nSPS) is 16.0. The van der Waals surface area contributed by atoms with E-state index in [0.717, 1.165) is 16.8 Å². The van der Waals surface area contributed by atoms with Crippen LogP contribution in [0, 0.1) is 0 Å². The van der Waals surface area contributed by atoms with E-state index in [1.807, 2.05) is 42.5 Å². The highest BCUT2D eigenvalue weighted by atomic mass is 35.5. The molecule has 0 saturated carbocycles. The van der Waals surface area contributed by atoms with Crippen molar-refractivity contribution in [1.82, 2.24) is 4.90 Å². The van der Waals surface area contributed by atoms with Gasteiger partial charge in [-0.3, -0.25) is 4.79 Å². The first kappa shape index (κ1) is 19.7. The van der Waals surface area contributed by atoms with Gasteiger partial charge in [0.05, 0.1) is 12.3 Å². The first-order valence-corrected chi connectivity index (χ1v) is 9.30. The van der Waals surface area contributed by atoms with E-state index < -0.39 is 0 Å². The molecule has 1 aliphatic heterocycles. The van der Waals surface area contributed by atoms with Gasteiger partial charge in [-0.25, -0.2) is 0 Å². The molecule has 0 aliphatic carbocycles. The minimum atomic E-state index is -0.212. The van der Waals surface area contributed by atoms with Crippen molar-refractivity contribution < 1.29 is 14.4 Å². The van der Waals surface area contributed by atoms with Crippen molar-refractivity contribution in [3.8, 4) is 0 Å². The Labute approximate surface area is 168 Å². The van der Waals surface area contributed by atoms with Gasteiger partial charge in [0.25, 0.3) is 0 Å². The number of amides is 1. The van der Waals surface area contributed by atoms with E-state index >= 15 is 0 Å². The second-order valence-electron chi connectivity index (χ2n) is 6.31. The van der Waals surface area contributed by atoms with E-state index in [9.17, 15) is 4.79 Å². The fourth-order valence-electron chi connectivity index (χ4n) is 2.91. The van der Waals surface area contributed by atoms with Gasteiger partial charge < -0.3 is 14.5 Å². The summed E-state index contributed by atoms with van der Waals surface area (Å²) in [7, 11) is 1.50. The summed E-state index contributed by atoms with van der Waals surface area (Å²) in [5.41, 5.74) is 2.76. The molecule has 1 atom stereocenters. The molecule has 0 spiro atoms. The summed E-state index contributed by atoms with van der Waals surface area (Å²) in [5, 5.41) is 5.49. The zero-order chi connectivity index (χ0) is 19.2. The molecule has 0 radical (unpaired) electrons. The molecule has 0 N–H and O–H groups in total. The number of methoxy groups -OCH3 is 1. The van der Waals surface area contributed by atoms with Crippen LogP contribution < -0.4 is 0 Å². The average molecular weight is 407 g/mol. The molecule has 142 valence electrons.